The van der Waals surface area contributed by atoms with Crippen LogP contribution in [-0.4, -0.2) is 39.8 Å². The maximum absolute atomic E-state index is 10.7. The van der Waals surface area contributed by atoms with Gasteiger partial charge in [-0.05, 0) is 11.6 Å². The van der Waals surface area contributed by atoms with Gasteiger partial charge < -0.3 is 17.5 Å². The van der Waals surface area contributed by atoms with E-state index in [1.807, 2.05) is 4.90 Å². The number of hydrogen-bond donors (Lipinski definition) is 1. The van der Waals surface area contributed by atoms with Crippen LogP contribution in [0.3, 0.4) is 0 Å². The van der Waals surface area contributed by atoms with Crippen LogP contribution < -0.4 is 12.4 Å². The highest BCUT2D eigenvalue weighted by atomic mass is 35.5. The number of aromatic hydroxyl groups is 1. The third-order valence-electron chi connectivity index (χ3n) is 2.44. The molecule has 108 valence electrons. The molecule has 0 fully saturated rings. The molecule has 1 N–H and O–H groups in total. The van der Waals surface area contributed by atoms with Crippen LogP contribution >= 0.6 is 23.2 Å². The molecule has 0 saturated carbocycles. The molecule has 0 radical (unpaired) electrons. The number of phenols is 1. The van der Waals surface area contributed by atoms with Crippen molar-refractivity contribution in [3.63, 3.8) is 0 Å². The molecule has 5 nitrogen and oxygen atoms in total. The van der Waals surface area contributed by atoms with E-state index in [1.54, 1.807) is 6.07 Å². The second-order valence-electron chi connectivity index (χ2n) is 3.73. The monoisotopic (exact) mass is 328 g/mol. The van der Waals surface area contributed by atoms with E-state index in [0.717, 1.165) is 5.56 Å². The zero-order valence-electron chi connectivity index (χ0n) is 11.1. The zero-order chi connectivity index (χ0) is 13.5. The molecule has 8 heteroatoms. The Morgan fingerprint density at radius 3 is 2.37 bits per heavy atom. The Labute approximate surface area is 129 Å². The van der Waals surface area contributed by atoms with Gasteiger partial charge in [-0.2, -0.15) is 0 Å². The highest BCUT2D eigenvalue weighted by molar-refractivity contribution is 6.18. The number of hydrogen-bond acceptors (Lipinski definition) is 4. The van der Waals surface area contributed by atoms with Gasteiger partial charge in [0.2, 0.25) is 0 Å². The van der Waals surface area contributed by atoms with Gasteiger partial charge in [0.05, 0.1) is 4.92 Å². The normalized spacial score (nSPS) is 10.3. The number of alkyl halides is 2. The Bertz CT molecular complexity index is 418. The zero-order valence-corrected chi connectivity index (χ0v) is 12.3. The Balaban J connectivity index is 0. The first-order valence-corrected chi connectivity index (χ1v) is 6.46. The van der Waals surface area contributed by atoms with E-state index in [1.165, 1.54) is 12.1 Å². The summed E-state index contributed by atoms with van der Waals surface area (Å²) >= 11 is 11.3. The summed E-state index contributed by atoms with van der Waals surface area (Å²) < 4.78 is 0. The van der Waals surface area contributed by atoms with Gasteiger partial charge in [-0.3, -0.25) is 15.0 Å². The first-order chi connectivity index (χ1) is 8.58. The summed E-state index contributed by atoms with van der Waals surface area (Å²) in [4.78, 5) is 12.1. The lowest BCUT2D eigenvalue weighted by atomic mass is 10.1. The Morgan fingerprint density at radius 2 is 1.89 bits per heavy atom. The Kier molecular flexibility index (Phi) is 8.84. The number of rotatable bonds is 7. The fourth-order valence-corrected chi connectivity index (χ4v) is 2.06. The summed E-state index contributed by atoms with van der Waals surface area (Å²) in [5, 5.41) is 20.0. The summed E-state index contributed by atoms with van der Waals surface area (Å²) in [7, 11) is 0. The molecule has 0 aliphatic carbocycles. The van der Waals surface area contributed by atoms with Crippen LogP contribution in [0.15, 0.2) is 18.2 Å². The molecule has 19 heavy (non-hydrogen) atoms. The van der Waals surface area contributed by atoms with Gasteiger partial charge in [-0.25, -0.2) is 0 Å². The topological polar surface area (TPSA) is 66.6 Å². The average molecular weight is 330 g/mol. The molecule has 0 spiro atoms. The molecule has 0 saturated heterocycles. The van der Waals surface area contributed by atoms with Crippen LogP contribution in [0.5, 0.6) is 5.75 Å². The van der Waals surface area contributed by atoms with Crippen LogP contribution in [0.25, 0.3) is 0 Å². The molecule has 0 heterocycles. The first kappa shape index (κ1) is 18.2. The SMILES string of the molecule is O=[N+]([O-])c1cc(CN(CCCl)CCCl)ccc1O.[Cl-].[H+]. The molecule has 0 atom stereocenters. The van der Waals surface area contributed by atoms with Crippen molar-refractivity contribution in [2.24, 2.45) is 0 Å². The van der Waals surface area contributed by atoms with Gasteiger partial charge in [0.1, 0.15) is 0 Å². The molecule has 1 rings (SSSR count). The number of nitro groups is 1. The van der Waals surface area contributed by atoms with E-state index in [9.17, 15) is 15.2 Å². The van der Waals surface area contributed by atoms with Crippen molar-refractivity contribution in [3.8, 4) is 5.75 Å². The summed E-state index contributed by atoms with van der Waals surface area (Å²) in [6, 6.07) is 4.34. The Hall–Kier alpha value is -0.750. The van der Waals surface area contributed by atoms with Gasteiger partial charge in [0, 0.05) is 37.5 Å². The largest absolute Gasteiger partial charge is 1.00 e. The standard InChI is InChI=1S/C11H14Cl2N2O3.ClH/c12-3-5-14(6-4-13)8-9-1-2-11(16)10(7-9)15(17)18;/h1-2,7,16H,3-6,8H2;1H. The molecule has 1 aromatic rings. The predicted molar refractivity (Wildman–Crippen MR) is 72.6 cm³/mol. The van der Waals surface area contributed by atoms with Crippen LogP contribution in [0, 0.1) is 10.1 Å². The molecular weight excluding hydrogens is 314 g/mol. The predicted octanol–water partition coefficient (Wildman–Crippen LogP) is -0.304. The maximum atomic E-state index is 10.7. The lowest BCUT2D eigenvalue weighted by molar-refractivity contribution is -0.385. The van der Waals surface area contributed by atoms with Crippen molar-refractivity contribution >= 4 is 28.9 Å². The molecule has 0 bridgehead atoms. The van der Waals surface area contributed by atoms with Crippen LogP contribution in [0.2, 0.25) is 0 Å². The average Bonchev–Trinajstić information content (AvgIpc) is 2.32. The van der Waals surface area contributed by atoms with Crippen LogP contribution in [0.1, 0.15) is 6.99 Å². The number of phenolic OH excluding ortho intramolecular Hbond substituents is 1. The van der Waals surface area contributed by atoms with E-state index in [4.69, 9.17) is 23.2 Å². The van der Waals surface area contributed by atoms with Crippen molar-refractivity contribution in [2.45, 2.75) is 6.54 Å². The fourth-order valence-electron chi connectivity index (χ4n) is 1.58. The van der Waals surface area contributed by atoms with Gasteiger partial charge in [-0.1, -0.05) is 6.07 Å². The van der Waals surface area contributed by atoms with Gasteiger partial charge in [0.15, 0.2) is 5.75 Å². The van der Waals surface area contributed by atoms with Gasteiger partial charge >= 0.3 is 7.11 Å². The van der Waals surface area contributed by atoms with Crippen molar-refractivity contribution < 1.29 is 23.9 Å². The second kappa shape index (κ2) is 9.20. The third kappa shape index (κ3) is 5.82. The second-order valence-corrected chi connectivity index (χ2v) is 4.49. The molecule has 1 aromatic carbocycles. The molecule has 0 aliphatic rings. The van der Waals surface area contributed by atoms with Crippen molar-refractivity contribution in [1.29, 1.82) is 0 Å². The first-order valence-electron chi connectivity index (χ1n) is 5.39. The minimum absolute atomic E-state index is 0. The quantitative estimate of drug-likeness (QED) is 0.424. The minimum Gasteiger partial charge on any atom is -1.00 e. The molecule has 0 aromatic heterocycles. The summed E-state index contributed by atoms with van der Waals surface area (Å²) in [6.45, 7) is 1.83. The third-order valence-corrected chi connectivity index (χ3v) is 2.78. The number of nitro benzene ring substituents is 1. The van der Waals surface area contributed by atoms with E-state index in [-0.39, 0.29) is 25.3 Å². The number of nitrogens with zero attached hydrogens (tertiary/aromatic N) is 2. The van der Waals surface area contributed by atoms with E-state index in [0.29, 0.717) is 31.4 Å². The van der Waals surface area contributed by atoms with Gasteiger partial charge in [-0.15, -0.1) is 23.2 Å². The van der Waals surface area contributed by atoms with E-state index >= 15 is 0 Å². The number of benzene rings is 1. The summed E-state index contributed by atoms with van der Waals surface area (Å²) in [5.74, 6) is 0.610. The molecule has 0 aliphatic heterocycles. The van der Waals surface area contributed by atoms with Crippen LogP contribution in [-0.2, 0) is 6.54 Å². The fraction of sp³-hybridized carbons (Fsp3) is 0.455. The maximum Gasteiger partial charge on any atom is 1.00 e. The van der Waals surface area contributed by atoms with Gasteiger partial charge in [0.25, 0.3) is 0 Å². The Morgan fingerprint density at radius 1 is 1.32 bits per heavy atom. The van der Waals surface area contributed by atoms with Crippen LogP contribution in [0.4, 0.5) is 5.69 Å². The smallest absolute Gasteiger partial charge is 1.00 e. The van der Waals surface area contributed by atoms with Crippen molar-refractivity contribution in [2.75, 3.05) is 24.8 Å². The summed E-state index contributed by atoms with van der Waals surface area (Å²) in [5.41, 5.74) is 0.457. The lowest BCUT2D eigenvalue weighted by Crippen LogP contribution is -3.00. The molecule has 0 amide bonds. The molecule has 0 unspecified atom stereocenters. The van der Waals surface area contributed by atoms with E-state index in [2.05, 4.69) is 0 Å². The van der Waals surface area contributed by atoms with Crippen molar-refractivity contribution in [3.05, 3.63) is 33.9 Å². The van der Waals surface area contributed by atoms with E-state index < -0.39 is 4.92 Å². The van der Waals surface area contributed by atoms with Crippen molar-refractivity contribution in [1.82, 2.24) is 4.90 Å². The minimum atomic E-state index is -0.605. The highest BCUT2D eigenvalue weighted by Gasteiger charge is 2.14. The molecular formula is C11H15Cl3N2O3. The highest BCUT2D eigenvalue weighted by Crippen LogP contribution is 2.26. The number of halogens is 3. The summed E-state index contributed by atoms with van der Waals surface area (Å²) in [6.07, 6.45) is 0. The lowest BCUT2D eigenvalue weighted by Gasteiger charge is -2.19.